The fourth-order valence-electron chi connectivity index (χ4n) is 3.34. The average molecular weight is 380 g/mol. The van der Waals surface area contributed by atoms with Crippen LogP contribution in [0, 0.1) is 6.92 Å². The SMILES string of the molecule is Cc1ccc(C(=O)NCCCN2CCOCC2)cc1-n1nnc2cccnc21. The highest BCUT2D eigenvalue weighted by molar-refractivity contribution is 5.95. The van der Waals surface area contributed by atoms with Gasteiger partial charge in [0.05, 0.1) is 18.9 Å². The van der Waals surface area contributed by atoms with Gasteiger partial charge in [-0.15, -0.1) is 5.10 Å². The van der Waals surface area contributed by atoms with Crippen molar-refractivity contribution in [1.29, 1.82) is 0 Å². The molecule has 1 aliphatic rings. The number of amides is 1. The highest BCUT2D eigenvalue weighted by atomic mass is 16.5. The van der Waals surface area contributed by atoms with Gasteiger partial charge in [0.2, 0.25) is 0 Å². The minimum absolute atomic E-state index is 0.0828. The lowest BCUT2D eigenvalue weighted by Crippen LogP contribution is -2.38. The van der Waals surface area contributed by atoms with Gasteiger partial charge in [-0.05, 0) is 49.7 Å². The average Bonchev–Trinajstić information content (AvgIpc) is 3.16. The maximum Gasteiger partial charge on any atom is 0.251 e. The Morgan fingerprint density at radius 2 is 2.11 bits per heavy atom. The molecule has 146 valence electrons. The summed E-state index contributed by atoms with van der Waals surface area (Å²) in [5.41, 5.74) is 3.81. The molecule has 4 rings (SSSR count). The predicted molar refractivity (Wildman–Crippen MR) is 106 cm³/mol. The number of hydrogen-bond acceptors (Lipinski definition) is 6. The zero-order chi connectivity index (χ0) is 19.3. The number of nitrogens with one attached hydrogen (secondary N) is 1. The van der Waals surface area contributed by atoms with Crippen molar-refractivity contribution in [2.75, 3.05) is 39.4 Å². The Kier molecular flexibility index (Phi) is 5.59. The summed E-state index contributed by atoms with van der Waals surface area (Å²) >= 11 is 0. The van der Waals surface area contributed by atoms with Crippen molar-refractivity contribution < 1.29 is 9.53 Å². The molecule has 1 fully saturated rings. The summed E-state index contributed by atoms with van der Waals surface area (Å²) in [7, 11) is 0. The van der Waals surface area contributed by atoms with Crippen LogP contribution in [0.2, 0.25) is 0 Å². The largest absolute Gasteiger partial charge is 0.379 e. The molecule has 2 aromatic heterocycles. The third-order valence-corrected chi connectivity index (χ3v) is 4.95. The first-order chi connectivity index (χ1) is 13.7. The van der Waals surface area contributed by atoms with Gasteiger partial charge in [-0.3, -0.25) is 9.69 Å². The van der Waals surface area contributed by atoms with E-state index in [1.807, 2.05) is 37.3 Å². The fraction of sp³-hybridized carbons (Fsp3) is 0.400. The Bertz CT molecular complexity index is 964. The van der Waals surface area contributed by atoms with Crippen LogP contribution in [-0.4, -0.2) is 70.2 Å². The van der Waals surface area contributed by atoms with E-state index in [9.17, 15) is 4.79 Å². The highest BCUT2D eigenvalue weighted by Gasteiger charge is 2.14. The molecule has 0 bridgehead atoms. The number of nitrogens with zero attached hydrogens (tertiary/aromatic N) is 5. The van der Waals surface area contributed by atoms with Gasteiger partial charge in [-0.1, -0.05) is 11.3 Å². The molecule has 1 amide bonds. The molecule has 0 radical (unpaired) electrons. The van der Waals surface area contributed by atoms with Crippen LogP contribution in [0.5, 0.6) is 0 Å². The molecular weight excluding hydrogens is 356 g/mol. The van der Waals surface area contributed by atoms with Crippen LogP contribution in [0.15, 0.2) is 36.5 Å². The first-order valence-electron chi connectivity index (χ1n) is 9.58. The Labute approximate surface area is 163 Å². The van der Waals surface area contributed by atoms with Crippen molar-refractivity contribution in [2.45, 2.75) is 13.3 Å². The lowest BCUT2D eigenvalue weighted by atomic mass is 10.1. The summed E-state index contributed by atoms with van der Waals surface area (Å²) in [5, 5.41) is 11.4. The molecular formula is C20H24N6O2. The van der Waals surface area contributed by atoms with E-state index >= 15 is 0 Å². The molecule has 1 saturated heterocycles. The van der Waals surface area contributed by atoms with Gasteiger partial charge in [-0.25, -0.2) is 4.98 Å². The van der Waals surface area contributed by atoms with Crippen molar-refractivity contribution in [2.24, 2.45) is 0 Å². The Balaban J connectivity index is 1.42. The lowest BCUT2D eigenvalue weighted by molar-refractivity contribution is 0.0374. The van der Waals surface area contributed by atoms with Crippen molar-refractivity contribution in [1.82, 2.24) is 30.2 Å². The van der Waals surface area contributed by atoms with Crippen molar-refractivity contribution >= 4 is 17.1 Å². The maximum atomic E-state index is 12.6. The molecule has 8 nitrogen and oxygen atoms in total. The molecule has 8 heteroatoms. The quantitative estimate of drug-likeness (QED) is 0.654. The predicted octanol–water partition coefficient (Wildman–Crippen LogP) is 1.58. The molecule has 0 atom stereocenters. The number of morpholine rings is 1. The molecule has 0 unspecified atom stereocenters. The number of hydrogen-bond donors (Lipinski definition) is 1. The maximum absolute atomic E-state index is 12.6. The number of pyridine rings is 1. The van der Waals surface area contributed by atoms with Crippen molar-refractivity contribution in [3.63, 3.8) is 0 Å². The van der Waals surface area contributed by atoms with Crippen LogP contribution in [0.4, 0.5) is 0 Å². The summed E-state index contributed by atoms with van der Waals surface area (Å²) in [6.45, 7) is 7.13. The van der Waals surface area contributed by atoms with Crippen LogP contribution in [0.3, 0.4) is 0 Å². The summed E-state index contributed by atoms with van der Waals surface area (Å²) in [4.78, 5) is 19.3. The Morgan fingerprint density at radius 3 is 2.96 bits per heavy atom. The number of aromatic nitrogens is 4. The Hall–Kier alpha value is -2.84. The van der Waals surface area contributed by atoms with Gasteiger partial charge in [0.25, 0.3) is 5.91 Å². The molecule has 1 aliphatic heterocycles. The van der Waals surface area contributed by atoms with Gasteiger partial charge in [0.15, 0.2) is 5.65 Å². The van der Waals surface area contributed by atoms with Crippen LogP contribution in [-0.2, 0) is 4.74 Å². The number of ether oxygens (including phenoxy) is 1. The number of aryl methyl sites for hydroxylation is 1. The van der Waals surface area contributed by atoms with E-state index in [1.54, 1.807) is 10.9 Å². The second-order valence-corrected chi connectivity index (χ2v) is 6.91. The third-order valence-electron chi connectivity index (χ3n) is 4.95. The summed E-state index contributed by atoms with van der Waals surface area (Å²) in [6, 6.07) is 9.30. The molecule has 0 spiro atoms. The molecule has 1 aromatic carbocycles. The van der Waals surface area contributed by atoms with E-state index in [2.05, 4.69) is 25.5 Å². The number of carbonyl (C=O) groups is 1. The fourth-order valence-corrected chi connectivity index (χ4v) is 3.34. The summed E-state index contributed by atoms with van der Waals surface area (Å²) in [6.07, 6.45) is 2.63. The molecule has 28 heavy (non-hydrogen) atoms. The minimum Gasteiger partial charge on any atom is -0.379 e. The normalized spacial score (nSPS) is 15.0. The molecule has 3 heterocycles. The van der Waals surface area contributed by atoms with Gasteiger partial charge in [-0.2, -0.15) is 4.68 Å². The van der Waals surface area contributed by atoms with Gasteiger partial charge < -0.3 is 10.1 Å². The standard InChI is InChI=1S/C20H24N6O2/c1-15-5-6-16(20(27)22-8-3-9-25-10-12-28-13-11-25)14-18(15)26-19-17(23-24-26)4-2-7-21-19/h2,4-7,14H,3,8-13H2,1H3,(H,22,27). The van der Waals surface area contributed by atoms with Crippen LogP contribution < -0.4 is 5.32 Å². The first kappa shape index (κ1) is 18.5. The molecule has 0 saturated carbocycles. The van der Waals surface area contributed by atoms with Crippen molar-refractivity contribution in [3.8, 4) is 5.69 Å². The van der Waals surface area contributed by atoms with Crippen LogP contribution >= 0.6 is 0 Å². The monoisotopic (exact) mass is 380 g/mol. The second-order valence-electron chi connectivity index (χ2n) is 6.91. The van der Waals surface area contributed by atoms with E-state index in [1.165, 1.54) is 0 Å². The molecule has 3 aromatic rings. The highest BCUT2D eigenvalue weighted by Crippen LogP contribution is 2.19. The van der Waals surface area contributed by atoms with Crippen molar-refractivity contribution in [3.05, 3.63) is 47.7 Å². The van der Waals surface area contributed by atoms with Gasteiger partial charge >= 0.3 is 0 Å². The molecule has 0 aliphatic carbocycles. The lowest BCUT2D eigenvalue weighted by Gasteiger charge is -2.26. The Morgan fingerprint density at radius 1 is 1.25 bits per heavy atom. The van der Waals surface area contributed by atoms with Crippen LogP contribution in [0.1, 0.15) is 22.3 Å². The van der Waals surface area contributed by atoms with E-state index in [4.69, 9.17) is 4.74 Å². The van der Waals surface area contributed by atoms with E-state index in [0.717, 1.165) is 56.0 Å². The number of benzene rings is 1. The van der Waals surface area contributed by atoms with E-state index in [-0.39, 0.29) is 5.91 Å². The minimum atomic E-state index is -0.0828. The zero-order valence-corrected chi connectivity index (χ0v) is 16.0. The van der Waals surface area contributed by atoms with Gasteiger partial charge in [0, 0.05) is 31.4 Å². The summed E-state index contributed by atoms with van der Waals surface area (Å²) < 4.78 is 7.03. The second kappa shape index (κ2) is 8.45. The zero-order valence-electron chi connectivity index (χ0n) is 16.0. The third kappa shape index (κ3) is 4.02. The van der Waals surface area contributed by atoms with Crippen LogP contribution in [0.25, 0.3) is 16.9 Å². The van der Waals surface area contributed by atoms with E-state index < -0.39 is 0 Å². The smallest absolute Gasteiger partial charge is 0.251 e. The number of carbonyl (C=O) groups excluding carboxylic acids is 1. The van der Waals surface area contributed by atoms with E-state index in [0.29, 0.717) is 17.8 Å². The van der Waals surface area contributed by atoms with Gasteiger partial charge in [0.1, 0.15) is 5.52 Å². The number of fused-ring (bicyclic) bond motifs is 1. The topological polar surface area (TPSA) is 85.2 Å². The first-order valence-corrected chi connectivity index (χ1v) is 9.58. The molecule has 1 N–H and O–H groups in total. The summed E-state index contributed by atoms with van der Waals surface area (Å²) in [5.74, 6) is -0.0828. The number of rotatable bonds is 6.